The van der Waals surface area contributed by atoms with E-state index in [1.165, 1.54) is 6.92 Å². The number of nitrogens with one attached hydrogen (secondary N) is 2. The maximum Gasteiger partial charge on any atom is 0.327 e. The van der Waals surface area contributed by atoms with Crippen LogP contribution in [0.5, 0.6) is 0 Å². The van der Waals surface area contributed by atoms with Gasteiger partial charge in [-0.3, -0.25) is 4.79 Å². The summed E-state index contributed by atoms with van der Waals surface area (Å²) in [5, 5.41) is 13.8. The summed E-state index contributed by atoms with van der Waals surface area (Å²) in [6, 6.07) is -0.877. The molecule has 0 aliphatic carbocycles. The number of hydrogen-bond donors (Lipinski definition) is 3. The lowest BCUT2D eigenvalue weighted by Crippen LogP contribution is -2.46. The second-order valence-corrected chi connectivity index (χ2v) is 2.54. The number of carboxylic acids is 1. The fourth-order valence-electron chi connectivity index (χ4n) is 0.775. The highest BCUT2D eigenvalue weighted by molar-refractivity contribution is 5.82. The number of carbonyl (C=O) groups excluding carboxylic acids is 1. The van der Waals surface area contributed by atoms with Crippen molar-refractivity contribution < 1.29 is 14.7 Å². The van der Waals surface area contributed by atoms with Crippen molar-refractivity contribution >= 4 is 11.9 Å². The van der Waals surface area contributed by atoms with E-state index in [4.69, 9.17) is 5.11 Å². The first kappa shape index (κ1) is 11.6. The van der Waals surface area contributed by atoms with Gasteiger partial charge in [-0.25, -0.2) is 4.79 Å². The van der Waals surface area contributed by atoms with Crippen molar-refractivity contribution in [2.24, 2.45) is 0 Å². The monoisotopic (exact) mass is 186 g/mol. The number of carbonyl (C=O) groups is 2. The smallest absolute Gasteiger partial charge is 0.327 e. The van der Waals surface area contributed by atoms with Gasteiger partial charge in [0, 0.05) is 20.0 Å². The van der Waals surface area contributed by atoms with E-state index < -0.39 is 12.0 Å². The molecule has 0 aromatic heterocycles. The number of amides is 1. The number of carboxylic acid groups (broad SMARTS) is 1. The van der Waals surface area contributed by atoms with Crippen LogP contribution in [0.1, 0.15) is 6.92 Å². The zero-order valence-electron chi connectivity index (χ0n) is 7.54. The van der Waals surface area contributed by atoms with Gasteiger partial charge in [0.1, 0.15) is 6.04 Å². The second-order valence-electron chi connectivity index (χ2n) is 2.54. The predicted octanol–water partition coefficient (Wildman–Crippen LogP) is -0.649. The molecule has 0 aromatic rings. The van der Waals surface area contributed by atoms with Crippen LogP contribution in [0.4, 0.5) is 0 Å². The first-order valence-corrected chi connectivity index (χ1v) is 3.89. The molecular weight excluding hydrogens is 172 g/mol. The summed E-state index contributed by atoms with van der Waals surface area (Å²) in [5.74, 6) is -1.40. The quantitative estimate of drug-likeness (QED) is 0.380. The minimum absolute atomic E-state index is 0.195. The molecule has 0 heterocycles. The SMILES string of the molecule is C=CCNCC(NC(C)=O)C(=O)O. The highest BCUT2D eigenvalue weighted by Gasteiger charge is 2.16. The highest BCUT2D eigenvalue weighted by Crippen LogP contribution is 1.82. The van der Waals surface area contributed by atoms with Crippen LogP contribution in [0.2, 0.25) is 0 Å². The Morgan fingerprint density at radius 3 is 2.62 bits per heavy atom. The van der Waals surface area contributed by atoms with Crippen molar-refractivity contribution in [1.82, 2.24) is 10.6 Å². The van der Waals surface area contributed by atoms with E-state index in [9.17, 15) is 9.59 Å². The highest BCUT2D eigenvalue weighted by atomic mass is 16.4. The fourth-order valence-corrected chi connectivity index (χ4v) is 0.775. The predicted molar refractivity (Wildman–Crippen MR) is 48.3 cm³/mol. The van der Waals surface area contributed by atoms with Crippen molar-refractivity contribution in [3.05, 3.63) is 12.7 Å². The summed E-state index contributed by atoms with van der Waals surface area (Å²) in [7, 11) is 0. The molecule has 1 amide bonds. The molecule has 0 aliphatic rings. The average molecular weight is 186 g/mol. The first-order chi connectivity index (χ1) is 6.07. The fraction of sp³-hybridized carbons (Fsp3) is 0.500. The number of hydrogen-bond acceptors (Lipinski definition) is 3. The van der Waals surface area contributed by atoms with E-state index in [0.717, 1.165) is 0 Å². The van der Waals surface area contributed by atoms with Crippen LogP contribution >= 0.6 is 0 Å². The Hall–Kier alpha value is -1.36. The molecule has 0 fully saturated rings. The zero-order valence-corrected chi connectivity index (χ0v) is 7.54. The molecule has 1 unspecified atom stereocenters. The van der Waals surface area contributed by atoms with Gasteiger partial charge < -0.3 is 15.7 Å². The summed E-state index contributed by atoms with van der Waals surface area (Å²) < 4.78 is 0. The molecule has 74 valence electrons. The van der Waals surface area contributed by atoms with Gasteiger partial charge in [-0.1, -0.05) is 6.08 Å². The van der Waals surface area contributed by atoms with Gasteiger partial charge >= 0.3 is 5.97 Å². The third-order valence-corrected chi connectivity index (χ3v) is 1.31. The third-order valence-electron chi connectivity index (χ3n) is 1.31. The Bertz CT molecular complexity index is 204. The van der Waals surface area contributed by atoms with Crippen molar-refractivity contribution in [2.75, 3.05) is 13.1 Å². The molecule has 0 radical (unpaired) electrons. The summed E-state index contributed by atoms with van der Waals surface area (Å²) in [4.78, 5) is 21.1. The topological polar surface area (TPSA) is 78.4 Å². The Kier molecular flexibility index (Phi) is 5.54. The first-order valence-electron chi connectivity index (χ1n) is 3.89. The zero-order chi connectivity index (χ0) is 10.3. The van der Waals surface area contributed by atoms with E-state index >= 15 is 0 Å². The van der Waals surface area contributed by atoms with Crippen LogP contribution < -0.4 is 10.6 Å². The molecule has 13 heavy (non-hydrogen) atoms. The lowest BCUT2D eigenvalue weighted by atomic mass is 10.3. The maximum atomic E-state index is 10.6. The van der Waals surface area contributed by atoms with Crippen LogP contribution in [0.3, 0.4) is 0 Å². The molecule has 0 aliphatic heterocycles. The Morgan fingerprint density at radius 2 is 2.23 bits per heavy atom. The van der Waals surface area contributed by atoms with Crippen molar-refractivity contribution in [3.63, 3.8) is 0 Å². The standard InChI is InChI=1S/C8H14N2O3/c1-3-4-9-5-7(8(12)13)10-6(2)11/h3,7,9H,1,4-5H2,2H3,(H,10,11)(H,12,13). The van der Waals surface area contributed by atoms with E-state index in [-0.39, 0.29) is 12.5 Å². The van der Waals surface area contributed by atoms with Crippen LogP contribution in [0, 0.1) is 0 Å². The molecule has 5 nitrogen and oxygen atoms in total. The van der Waals surface area contributed by atoms with Gasteiger partial charge in [-0.15, -0.1) is 6.58 Å². The molecule has 3 N–H and O–H groups in total. The van der Waals surface area contributed by atoms with Crippen LogP contribution in [0.25, 0.3) is 0 Å². The van der Waals surface area contributed by atoms with Gasteiger partial charge in [-0.2, -0.15) is 0 Å². The normalized spacial score (nSPS) is 11.8. The van der Waals surface area contributed by atoms with Gasteiger partial charge in [0.2, 0.25) is 5.91 Å². The summed E-state index contributed by atoms with van der Waals surface area (Å²) >= 11 is 0. The number of aliphatic carboxylic acids is 1. The van der Waals surface area contributed by atoms with Gasteiger partial charge in [0.15, 0.2) is 0 Å². The van der Waals surface area contributed by atoms with E-state index in [1.54, 1.807) is 6.08 Å². The minimum atomic E-state index is -1.05. The number of rotatable bonds is 6. The lowest BCUT2D eigenvalue weighted by Gasteiger charge is -2.12. The van der Waals surface area contributed by atoms with Crippen molar-refractivity contribution in [1.29, 1.82) is 0 Å². The third kappa shape index (κ3) is 5.86. The Morgan fingerprint density at radius 1 is 1.62 bits per heavy atom. The molecule has 0 saturated heterocycles. The minimum Gasteiger partial charge on any atom is -0.480 e. The Balaban J connectivity index is 3.87. The van der Waals surface area contributed by atoms with Crippen molar-refractivity contribution in [2.45, 2.75) is 13.0 Å². The molecule has 5 heteroatoms. The maximum absolute atomic E-state index is 10.6. The van der Waals surface area contributed by atoms with Crippen molar-refractivity contribution in [3.8, 4) is 0 Å². The van der Waals surface area contributed by atoms with E-state index in [1.807, 2.05) is 0 Å². The Labute approximate surface area is 76.8 Å². The average Bonchev–Trinajstić information content (AvgIpc) is 2.02. The molecular formula is C8H14N2O3. The molecule has 1 atom stereocenters. The summed E-state index contributed by atoms with van der Waals surface area (Å²) in [6.07, 6.45) is 1.62. The van der Waals surface area contributed by atoms with Crippen LogP contribution in [-0.2, 0) is 9.59 Å². The van der Waals surface area contributed by atoms with E-state index in [2.05, 4.69) is 17.2 Å². The summed E-state index contributed by atoms with van der Waals surface area (Å²) in [5.41, 5.74) is 0. The van der Waals surface area contributed by atoms with Gasteiger partial charge in [-0.05, 0) is 0 Å². The molecule has 0 saturated carbocycles. The van der Waals surface area contributed by atoms with Gasteiger partial charge in [0.05, 0.1) is 0 Å². The molecule has 0 rings (SSSR count). The van der Waals surface area contributed by atoms with Crippen LogP contribution in [-0.4, -0.2) is 36.1 Å². The van der Waals surface area contributed by atoms with E-state index in [0.29, 0.717) is 6.54 Å². The molecule has 0 bridgehead atoms. The van der Waals surface area contributed by atoms with Gasteiger partial charge in [0.25, 0.3) is 0 Å². The summed E-state index contributed by atoms with van der Waals surface area (Å²) in [6.45, 7) is 5.46. The second kappa shape index (κ2) is 6.19. The largest absolute Gasteiger partial charge is 0.480 e. The van der Waals surface area contributed by atoms with Crippen LogP contribution in [0.15, 0.2) is 12.7 Å². The lowest BCUT2D eigenvalue weighted by molar-refractivity contribution is -0.141. The molecule has 0 aromatic carbocycles. The molecule has 0 spiro atoms.